The second-order valence-electron chi connectivity index (χ2n) is 17.7. The van der Waals surface area contributed by atoms with Crippen molar-refractivity contribution in [1.29, 1.82) is 0 Å². The molecule has 0 aliphatic heterocycles. The third-order valence-electron chi connectivity index (χ3n) is 11.0. The van der Waals surface area contributed by atoms with E-state index in [1.807, 2.05) is 0 Å². The van der Waals surface area contributed by atoms with Gasteiger partial charge >= 0.3 is 11.9 Å². The highest BCUT2D eigenvalue weighted by Gasteiger charge is 2.25. The van der Waals surface area contributed by atoms with Crippen molar-refractivity contribution in [2.75, 3.05) is 41.0 Å². The second kappa shape index (κ2) is 42.2. The number of carbonyl (C=O) groups is 3. The van der Waals surface area contributed by atoms with E-state index in [-0.39, 0.29) is 42.7 Å². The van der Waals surface area contributed by atoms with Gasteiger partial charge in [-0.25, -0.2) is 0 Å². The zero-order chi connectivity index (χ0) is 43.5. The number of rotatable bonds is 44. The summed E-state index contributed by atoms with van der Waals surface area (Å²) in [7, 11) is 5.40. The van der Waals surface area contributed by atoms with Gasteiger partial charge in [-0.2, -0.15) is 0 Å². The summed E-state index contributed by atoms with van der Waals surface area (Å²) in [5, 5.41) is 11.6. The Hall–Kier alpha value is -2.45. The van der Waals surface area contributed by atoms with E-state index < -0.39 is 18.1 Å². The fraction of sp³-hybridized carbons (Fsp3) is 0.824. The Morgan fingerprint density at radius 3 is 1.34 bits per heavy atom. The van der Waals surface area contributed by atoms with Crippen molar-refractivity contribution in [3.8, 4) is 0 Å². The first-order valence-corrected chi connectivity index (χ1v) is 24.5. The molecule has 0 aliphatic rings. The first-order chi connectivity index (χ1) is 28.6. The van der Waals surface area contributed by atoms with Crippen molar-refractivity contribution >= 4 is 17.9 Å². The summed E-state index contributed by atoms with van der Waals surface area (Å²) < 4.78 is 17.2. The molecule has 0 bridgehead atoms. The van der Waals surface area contributed by atoms with Crippen LogP contribution in [0.4, 0.5) is 0 Å². The highest BCUT2D eigenvalue weighted by atomic mass is 16.6. The maximum absolute atomic E-state index is 12.7. The van der Waals surface area contributed by atoms with Gasteiger partial charge in [0, 0.05) is 19.3 Å². The molecule has 0 radical (unpaired) electrons. The quantitative estimate of drug-likeness (QED) is 0.0261. The molecule has 8 nitrogen and oxygen atoms in total. The van der Waals surface area contributed by atoms with Gasteiger partial charge in [0.15, 0.2) is 6.10 Å². The second-order valence-corrected chi connectivity index (χ2v) is 17.7. The monoisotopic (exact) mass is 832 g/mol. The molecule has 2 atom stereocenters. The minimum atomic E-state index is -1.13. The highest BCUT2D eigenvalue weighted by molar-refractivity contribution is 5.70. The number of carboxylic acid groups (broad SMARTS) is 1. The number of esters is 2. The normalized spacial score (nSPS) is 13.2. The van der Waals surface area contributed by atoms with Crippen LogP contribution in [0.25, 0.3) is 0 Å². The number of unbranched alkanes of at least 4 members (excludes halogenated alkanes) is 24. The van der Waals surface area contributed by atoms with E-state index >= 15 is 0 Å². The van der Waals surface area contributed by atoms with Gasteiger partial charge in [0.2, 0.25) is 0 Å². The van der Waals surface area contributed by atoms with E-state index in [0.29, 0.717) is 12.8 Å². The molecule has 0 saturated heterocycles. The number of carboxylic acids is 1. The fourth-order valence-corrected chi connectivity index (χ4v) is 7.15. The third-order valence-corrected chi connectivity index (χ3v) is 11.0. The predicted octanol–water partition coefficient (Wildman–Crippen LogP) is 12.5. The van der Waals surface area contributed by atoms with E-state index in [9.17, 15) is 19.5 Å². The smallest absolute Gasteiger partial charge is 0.306 e. The minimum Gasteiger partial charge on any atom is -0.544 e. The van der Waals surface area contributed by atoms with E-state index in [4.69, 9.17) is 14.2 Å². The first kappa shape index (κ1) is 56.5. The number of carbonyl (C=O) groups excluding carboxylic acids is 3. The van der Waals surface area contributed by atoms with Crippen LogP contribution in [0.2, 0.25) is 0 Å². The first-order valence-electron chi connectivity index (χ1n) is 24.5. The molecule has 2 unspecified atom stereocenters. The molecular formula is C51H93NO7. The van der Waals surface area contributed by atoms with Crippen molar-refractivity contribution in [1.82, 2.24) is 0 Å². The Kier molecular flexibility index (Phi) is 40.5. The van der Waals surface area contributed by atoms with E-state index in [0.717, 1.165) is 64.2 Å². The molecule has 0 aromatic rings. The number of hydrogen-bond acceptors (Lipinski definition) is 7. The van der Waals surface area contributed by atoms with Crippen LogP contribution < -0.4 is 5.11 Å². The summed E-state index contributed by atoms with van der Waals surface area (Å²) in [5.74, 6) is -1.76. The standard InChI is InChI=1S/C51H93NO7/c1-6-8-10-12-14-16-18-20-21-22-23-24-25-26-27-28-30-31-33-35-37-39-41-49(53)58-46-47(45-57-44-43-48(51(55)56)52(3,4)5)59-50(54)42-40-38-36-34-32-29-19-17-15-13-11-9-7-2/h22-23,25-26,29,32,47-48H,6-21,24,27-28,30-31,33-46H2,1-5H3/b23-22+,26-25+,32-29+. The number of ether oxygens (including phenoxy) is 3. The van der Waals surface area contributed by atoms with Crippen molar-refractivity contribution in [3.63, 3.8) is 0 Å². The van der Waals surface area contributed by atoms with Crippen LogP contribution >= 0.6 is 0 Å². The minimum absolute atomic E-state index is 0.0333. The Balaban J connectivity index is 4.25. The van der Waals surface area contributed by atoms with Crippen molar-refractivity contribution in [2.45, 2.75) is 231 Å². The molecule has 0 aromatic carbocycles. The van der Waals surface area contributed by atoms with Gasteiger partial charge in [0.05, 0.1) is 40.3 Å². The molecular weight excluding hydrogens is 739 g/mol. The van der Waals surface area contributed by atoms with Crippen LogP contribution in [-0.2, 0) is 28.6 Å². The number of quaternary nitrogens is 1. The van der Waals surface area contributed by atoms with E-state index in [1.165, 1.54) is 122 Å². The van der Waals surface area contributed by atoms with Crippen LogP contribution in [0.15, 0.2) is 36.5 Å². The van der Waals surface area contributed by atoms with Crippen LogP contribution in [0.1, 0.15) is 219 Å². The number of nitrogens with zero attached hydrogens (tertiary/aromatic N) is 1. The molecule has 344 valence electrons. The van der Waals surface area contributed by atoms with Crippen LogP contribution in [0, 0.1) is 0 Å². The zero-order valence-electron chi connectivity index (χ0n) is 39.2. The summed E-state index contributed by atoms with van der Waals surface area (Å²) in [6, 6.07) is -0.729. The fourth-order valence-electron chi connectivity index (χ4n) is 7.15. The predicted molar refractivity (Wildman–Crippen MR) is 245 cm³/mol. The summed E-state index contributed by atoms with van der Waals surface area (Å²) in [4.78, 5) is 36.9. The average molecular weight is 832 g/mol. The number of allylic oxidation sites excluding steroid dienone is 6. The molecule has 0 spiro atoms. The lowest BCUT2D eigenvalue weighted by atomic mass is 10.1. The molecule has 0 heterocycles. The maximum Gasteiger partial charge on any atom is 0.306 e. The van der Waals surface area contributed by atoms with Crippen LogP contribution in [-0.4, -0.2) is 75.5 Å². The molecule has 8 heteroatoms. The molecule has 59 heavy (non-hydrogen) atoms. The number of hydrogen-bond donors (Lipinski definition) is 0. The molecule has 0 rings (SSSR count). The Labute approximate surface area is 364 Å². The van der Waals surface area contributed by atoms with Gasteiger partial charge < -0.3 is 28.6 Å². The molecule has 0 saturated carbocycles. The zero-order valence-corrected chi connectivity index (χ0v) is 39.2. The average Bonchev–Trinajstić information content (AvgIpc) is 3.19. The van der Waals surface area contributed by atoms with Crippen molar-refractivity contribution in [2.24, 2.45) is 0 Å². The Morgan fingerprint density at radius 2 is 0.898 bits per heavy atom. The molecule has 0 fully saturated rings. The van der Waals surface area contributed by atoms with Gasteiger partial charge in [0.25, 0.3) is 0 Å². The van der Waals surface area contributed by atoms with Gasteiger partial charge in [-0.15, -0.1) is 0 Å². The molecule has 0 amide bonds. The van der Waals surface area contributed by atoms with Crippen molar-refractivity contribution in [3.05, 3.63) is 36.5 Å². The van der Waals surface area contributed by atoms with Crippen LogP contribution in [0.5, 0.6) is 0 Å². The van der Waals surface area contributed by atoms with Gasteiger partial charge in [-0.05, 0) is 70.6 Å². The topological polar surface area (TPSA) is 102 Å². The number of likely N-dealkylation sites (N-methyl/N-ethyl adjacent to an activating group) is 1. The van der Waals surface area contributed by atoms with Gasteiger partial charge in [-0.1, -0.05) is 166 Å². The Bertz CT molecular complexity index is 1060. The third kappa shape index (κ3) is 40.7. The summed E-state index contributed by atoms with van der Waals surface area (Å²) in [5.41, 5.74) is 0. The maximum atomic E-state index is 12.7. The van der Waals surface area contributed by atoms with E-state index in [1.54, 1.807) is 21.1 Å². The van der Waals surface area contributed by atoms with Gasteiger partial charge in [0.1, 0.15) is 12.6 Å². The Morgan fingerprint density at radius 1 is 0.508 bits per heavy atom. The summed E-state index contributed by atoms with van der Waals surface area (Å²) in [6.45, 7) is 4.64. The summed E-state index contributed by atoms with van der Waals surface area (Å²) in [6.07, 6.45) is 48.9. The largest absolute Gasteiger partial charge is 0.544 e. The molecule has 0 aliphatic carbocycles. The SMILES string of the molecule is CCCCCCCC/C=C/CCCCCC(=O)OC(COCCC(C(=O)[O-])[N+](C)(C)C)COC(=O)CCCCCCCCC/C=C/C/C=C/CCCCCCCCCC. The van der Waals surface area contributed by atoms with E-state index in [2.05, 4.69) is 50.3 Å². The lowest BCUT2D eigenvalue weighted by Crippen LogP contribution is -2.55. The van der Waals surface area contributed by atoms with Crippen molar-refractivity contribution < 1.29 is 38.2 Å². The lowest BCUT2D eigenvalue weighted by Gasteiger charge is -2.34. The van der Waals surface area contributed by atoms with Gasteiger partial charge in [-0.3, -0.25) is 9.59 Å². The highest BCUT2D eigenvalue weighted by Crippen LogP contribution is 2.14. The number of aliphatic carboxylic acids is 1. The summed E-state index contributed by atoms with van der Waals surface area (Å²) >= 11 is 0. The lowest BCUT2D eigenvalue weighted by molar-refractivity contribution is -0.889. The van der Waals surface area contributed by atoms with Crippen LogP contribution in [0.3, 0.4) is 0 Å². The molecule has 0 aromatic heterocycles. The molecule has 0 N–H and O–H groups in total.